The van der Waals surface area contributed by atoms with Crippen LogP contribution >= 0.6 is 11.6 Å². The minimum atomic E-state index is 0.369. The molecule has 0 amide bonds. The zero-order chi connectivity index (χ0) is 10.7. The van der Waals surface area contributed by atoms with E-state index in [-0.39, 0.29) is 0 Å². The van der Waals surface area contributed by atoms with Crippen LogP contribution in [0.25, 0.3) is 0 Å². The Balaban J connectivity index is 2.08. The Morgan fingerprint density at radius 2 is 2.60 bits per heavy atom. The highest BCUT2D eigenvalue weighted by atomic mass is 35.5. The number of alkyl halides is 1. The van der Waals surface area contributed by atoms with E-state index in [1.54, 1.807) is 6.33 Å². The van der Waals surface area contributed by atoms with Crippen LogP contribution in [0.5, 0.6) is 0 Å². The standard InChI is InChI=1S/C10H16ClN3O/c1-8(9-3-2-4-15-6-9)14-7-12-13-10(14)5-11/h7-9H,2-6H2,1H3. The van der Waals surface area contributed by atoms with Gasteiger partial charge in [0, 0.05) is 18.6 Å². The van der Waals surface area contributed by atoms with Gasteiger partial charge in [0.05, 0.1) is 12.5 Å². The molecule has 84 valence electrons. The maximum atomic E-state index is 5.80. The second-order valence-corrected chi connectivity index (χ2v) is 4.27. The molecule has 4 nitrogen and oxygen atoms in total. The van der Waals surface area contributed by atoms with Crippen LogP contribution in [0, 0.1) is 5.92 Å². The van der Waals surface area contributed by atoms with Crippen molar-refractivity contribution < 1.29 is 4.74 Å². The third-order valence-corrected chi connectivity index (χ3v) is 3.32. The van der Waals surface area contributed by atoms with Crippen LogP contribution in [0.15, 0.2) is 6.33 Å². The summed E-state index contributed by atoms with van der Waals surface area (Å²) >= 11 is 5.80. The average molecular weight is 230 g/mol. The van der Waals surface area contributed by atoms with Gasteiger partial charge in [-0.05, 0) is 19.8 Å². The molecule has 15 heavy (non-hydrogen) atoms. The molecule has 1 aliphatic heterocycles. The van der Waals surface area contributed by atoms with Gasteiger partial charge in [-0.2, -0.15) is 0 Å². The second kappa shape index (κ2) is 4.94. The molecule has 2 unspecified atom stereocenters. The van der Waals surface area contributed by atoms with Gasteiger partial charge < -0.3 is 9.30 Å². The van der Waals surface area contributed by atoms with Crippen LogP contribution in [0.2, 0.25) is 0 Å². The fourth-order valence-corrected chi connectivity index (χ4v) is 2.27. The molecule has 0 radical (unpaired) electrons. The predicted octanol–water partition coefficient (Wildman–Crippen LogP) is 2.00. The average Bonchev–Trinajstić information content (AvgIpc) is 2.77. The largest absolute Gasteiger partial charge is 0.381 e. The quantitative estimate of drug-likeness (QED) is 0.745. The lowest BCUT2D eigenvalue weighted by Crippen LogP contribution is -2.26. The van der Waals surface area contributed by atoms with E-state index >= 15 is 0 Å². The lowest BCUT2D eigenvalue weighted by atomic mass is 9.95. The van der Waals surface area contributed by atoms with Crippen molar-refractivity contribution in [1.29, 1.82) is 0 Å². The van der Waals surface area contributed by atoms with Gasteiger partial charge in [0.1, 0.15) is 12.2 Å². The summed E-state index contributed by atoms with van der Waals surface area (Å²) in [5, 5.41) is 7.89. The first-order chi connectivity index (χ1) is 7.33. The molecule has 1 saturated heterocycles. The van der Waals surface area contributed by atoms with E-state index in [0.29, 0.717) is 17.8 Å². The van der Waals surface area contributed by atoms with Gasteiger partial charge in [-0.25, -0.2) is 0 Å². The van der Waals surface area contributed by atoms with Crippen molar-refractivity contribution in [2.24, 2.45) is 5.92 Å². The Morgan fingerprint density at radius 1 is 1.73 bits per heavy atom. The van der Waals surface area contributed by atoms with E-state index in [0.717, 1.165) is 25.5 Å². The highest BCUT2D eigenvalue weighted by Gasteiger charge is 2.23. The molecule has 1 aromatic rings. The Kier molecular flexibility index (Phi) is 3.59. The number of aromatic nitrogens is 3. The van der Waals surface area contributed by atoms with Crippen molar-refractivity contribution in [2.75, 3.05) is 13.2 Å². The maximum Gasteiger partial charge on any atom is 0.148 e. The summed E-state index contributed by atoms with van der Waals surface area (Å²) in [5.74, 6) is 1.81. The van der Waals surface area contributed by atoms with E-state index in [2.05, 4.69) is 21.7 Å². The summed E-state index contributed by atoms with van der Waals surface area (Å²) in [7, 11) is 0. The van der Waals surface area contributed by atoms with Crippen molar-refractivity contribution in [1.82, 2.24) is 14.8 Å². The lowest BCUT2D eigenvalue weighted by molar-refractivity contribution is 0.0359. The molecule has 0 aromatic carbocycles. The first-order valence-electron chi connectivity index (χ1n) is 5.35. The van der Waals surface area contributed by atoms with Gasteiger partial charge in [0.2, 0.25) is 0 Å². The third-order valence-electron chi connectivity index (χ3n) is 3.08. The summed E-state index contributed by atoms with van der Waals surface area (Å²) in [4.78, 5) is 0. The van der Waals surface area contributed by atoms with E-state index < -0.39 is 0 Å². The maximum absolute atomic E-state index is 5.80. The van der Waals surface area contributed by atoms with E-state index in [1.807, 2.05) is 0 Å². The molecule has 0 aliphatic carbocycles. The summed E-state index contributed by atoms with van der Waals surface area (Å²) in [6.45, 7) is 3.91. The van der Waals surface area contributed by atoms with Crippen LogP contribution in [0.1, 0.15) is 31.6 Å². The zero-order valence-electron chi connectivity index (χ0n) is 8.90. The van der Waals surface area contributed by atoms with Crippen molar-refractivity contribution in [2.45, 2.75) is 31.7 Å². The number of hydrogen-bond donors (Lipinski definition) is 0. The van der Waals surface area contributed by atoms with Crippen molar-refractivity contribution in [3.63, 3.8) is 0 Å². The fourth-order valence-electron chi connectivity index (χ4n) is 2.08. The lowest BCUT2D eigenvalue weighted by Gasteiger charge is -2.28. The van der Waals surface area contributed by atoms with Crippen molar-refractivity contribution in [3.05, 3.63) is 12.2 Å². The molecule has 5 heteroatoms. The second-order valence-electron chi connectivity index (χ2n) is 4.01. The van der Waals surface area contributed by atoms with E-state index in [4.69, 9.17) is 16.3 Å². The summed E-state index contributed by atoms with van der Waals surface area (Å²) in [6.07, 6.45) is 4.12. The molecule has 1 aliphatic rings. The predicted molar refractivity (Wildman–Crippen MR) is 57.8 cm³/mol. The number of nitrogens with zero attached hydrogens (tertiary/aromatic N) is 3. The van der Waals surface area contributed by atoms with Gasteiger partial charge in [-0.1, -0.05) is 0 Å². The number of halogens is 1. The molecular weight excluding hydrogens is 214 g/mol. The Labute approximate surface area is 94.6 Å². The van der Waals surface area contributed by atoms with Crippen molar-refractivity contribution >= 4 is 11.6 Å². The molecule has 1 fully saturated rings. The first-order valence-corrected chi connectivity index (χ1v) is 5.88. The topological polar surface area (TPSA) is 39.9 Å². The smallest absolute Gasteiger partial charge is 0.148 e. The summed E-state index contributed by atoms with van der Waals surface area (Å²) in [5.41, 5.74) is 0. The Morgan fingerprint density at radius 3 is 3.27 bits per heavy atom. The molecule has 0 N–H and O–H groups in total. The monoisotopic (exact) mass is 229 g/mol. The molecule has 2 heterocycles. The van der Waals surface area contributed by atoms with E-state index in [1.165, 1.54) is 6.42 Å². The Bertz CT molecular complexity index is 309. The minimum Gasteiger partial charge on any atom is -0.381 e. The van der Waals surface area contributed by atoms with Gasteiger partial charge in [0.25, 0.3) is 0 Å². The molecular formula is C10H16ClN3O. The number of rotatable bonds is 3. The molecule has 0 spiro atoms. The highest BCUT2D eigenvalue weighted by Crippen LogP contribution is 2.26. The minimum absolute atomic E-state index is 0.369. The molecule has 0 bridgehead atoms. The van der Waals surface area contributed by atoms with Crippen LogP contribution in [-0.4, -0.2) is 28.0 Å². The fraction of sp³-hybridized carbons (Fsp3) is 0.800. The van der Waals surface area contributed by atoms with Crippen LogP contribution in [-0.2, 0) is 10.6 Å². The zero-order valence-corrected chi connectivity index (χ0v) is 9.65. The van der Waals surface area contributed by atoms with Gasteiger partial charge in [-0.3, -0.25) is 0 Å². The van der Waals surface area contributed by atoms with Crippen LogP contribution in [0.3, 0.4) is 0 Å². The number of hydrogen-bond acceptors (Lipinski definition) is 3. The van der Waals surface area contributed by atoms with Gasteiger partial charge in [-0.15, -0.1) is 21.8 Å². The SMILES string of the molecule is CC(C1CCCOC1)n1cnnc1CCl. The molecule has 2 rings (SSSR count). The van der Waals surface area contributed by atoms with Gasteiger partial charge in [0.15, 0.2) is 0 Å². The Hall–Kier alpha value is -0.610. The van der Waals surface area contributed by atoms with E-state index in [9.17, 15) is 0 Å². The number of ether oxygens (including phenoxy) is 1. The van der Waals surface area contributed by atoms with Crippen molar-refractivity contribution in [3.8, 4) is 0 Å². The normalized spacial score (nSPS) is 24.0. The van der Waals surface area contributed by atoms with Crippen LogP contribution in [0.4, 0.5) is 0 Å². The first kappa shape index (κ1) is 10.9. The highest BCUT2D eigenvalue weighted by molar-refractivity contribution is 6.16. The molecule has 0 saturated carbocycles. The third kappa shape index (κ3) is 2.32. The summed E-state index contributed by atoms with van der Waals surface area (Å²) in [6, 6.07) is 0.369. The van der Waals surface area contributed by atoms with Crippen LogP contribution < -0.4 is 0 Å². The molecule has 1 aromatic heterocycles. The van der Waals surface area contributed by atoms with Gasteiger partial charge >= 0.3 is 0 Å². The molecule has 2 atom stereocenters. The summed E-state index contributed by atoms with van der Waals surface area (Å²) < 4.78 is 7.55.